The summed E-state index contributed by atoms with van der Waals surface area (Å²) >= 11 is 0. The Bertz CT molecular complexity index is 422. The van der Waals surface area contributed by atoms with Crippen LogP contribution in [0.2, 0.25) is 0 Å². The number of carboxylic acid groups (broad SMARTS) is 1. The molecule has 1 rings (SSSR count). The van der Waals surface area contributed by atoms with E-state index in [4.69, 9.17) is 4.74 Å². The minimum atomic E-state index is -1.27. The molecule has 114 valence electrons. The second kappa shape index (κ2) is 5.19. The molecule has 0 bridgehead atoms. The summed E-state index contributed by atoms with van der Waals surface area (Å²) in [5, 5.41) is 9.74. The van der Waals surface area contributed by atoms with Crippen molar-refractivity contribution in [1.29, 1.82) is 0 Å². The summed E-state index contributed by atoms with van der Waals surface area (Å²) in [5.74, 6) is -2.22. The van der Waals surface area contributed by atoms with Gasteiger partial charge >= 0.3 is 11.9 Å². The highest BCUT2D eigenvalue weighted by Gasteiger charge is 2.85. The van der Waals surface area contributed by atoms with Gasteiger partial charge in [0.2, 0.25) is 0 Å². The highest BCUT2D eigenvalue weighted by atomic mass is 16.5. The molecule has 0 aromatic carbocycles. The number of carbonyl (C=O) groups is 3. The van der Waals surface area contributed by atoms with E-state index in [2.05, 4.69) is 0 Å². The van der Waals surface area contributed by atoms with Crippen molar-refractivity contribution in [3.05, 3.63) is 0 Å². The van der Waals surface area contributed by atoms with Crippen LogP contribution in [0.15, 0.2) is 0 Å². The molecule has 0 radical (unpaired) electrons. The maximum Gasteiger partial charge on any atom is 0.314 e. The van der Waals surface area contributed by atoms with Gasteiger partial charge in [-0.1, -0.05) is 27.7 Å². The summed E-state index contributed by atoms with van der Waals surface area (Å²) in [6.07, 6.45) is 1.27. The van der Waals surface area contributed by atoms with Crippen LogP contribution in [0.5, 0.6) is 0 Å². The molecule has 2 atom stereocenters. The summed E-state index contributed by atoms with van der Waals surface area (Å²) in [7, 11) is 0. The van der Waals surface area contributed by atoms with Crippen LogP contribution in [0.3, 0.4) is 0 Å². The zero-order chi connectivity index (χ0) is 15.8. The Morgan fingerprint density at radius 1 is 1.25 bits per heavy atom. The Morgan fingerprint density at radius 2 is 1.75 bits per heavy atom. The molecule has 1 fully saturated rings. The smallest absolute Gasteiger partial charge is 0.314 e. The van der Waals surface area contributed by atoms with Crippen LogP contribution >= 0.6 is 0 Å². The highest BCUT2D eigenvalue weighted by Crippen LogP contribution is 2.77. The minimum Gasteiger partial charge on any atom is -0.481 e. The molecule has 0 amide bonds. The SMILES string of the molecule is CCOC(=O)C1(C(CC)(CC)C(=O)O)C(C=O)C1(C)C. The number of hydrogen-bond acceptors (Lipinski definition) is 4. The fraction of sp³-hybridized carbons (Fsp3) is 0.800. The van der Waals surface area contributed by atoms with Crippen molar-refractivity contribution in [2.45, 2.75) is 47.5 Å². The third-order valence-corrected chi connectivity index (χ3v) is 5.28. The molecule has 0 spiro atoms. The number of carboxylic acids is 1. The molecule has 1 aliphatic rings. The summed E-state index contributed by atoms with van der Waals surface area (Å²) < 4.78 is 5.14. The first-order chi connectivity index (χ1) is 9.24. The molecule has 2 unspecified atom stereocenters. The molecule has 0 aromatic heterocycles. The average Bonchev–Trinajstić information content (AvgIpc) is 2.89. The first-order valence-corrected chi connectivity index (χ1v) is 7.10. The van der Waals surface area contributed by atoms with Crippen molar-refractivity contribution in [3.63, 3.8) is 0 Å². The molecule has 1 N–H and O–H groups in total. The zero-order valence-corrected chi connectivity index (χ0v) is 12.9. The van der Waals surface area contributed by atoms with E-state index in [1.54, 1.807) is 34.6 Å². The van der Waals surface area contributed by atoms with Crippen molar-refractivity contribution in [2.24, 2.45) is 22.2 Å². The third kappa shape index (κ3) is 1.64. The number of ether oxygens (including phenoxy) is 1. The molecule has 5 nitrogen and oxygen atoms in total. The van der Waals surface area contributed by atoms with Crippen LogP contribution in [0, 0.1) is 22.2 Å². The van der Waals surface area contributed by atoms with Gasteiger partial charge in [-0.15, -0.1) is 0 Å². The summed E-state index contributed by atoms with van der Waals surface area (Å²) in [6.45, 7) is 8.88. The van der Waals surface area contributed by atoms with Crippen molar-refractivity contribution in [1.82, 2.24) is 0 Å². The standard InChI is InChI=1S/C15H24O5/c1-6-14(7-2,11(17)18)15(12(19)20-8-3)10(9-16)13(15,4)5/h9-10H,6-8H2,1-5H3,(H,17,18). The lowest BCUT2D eigenvalue weighted by Gasteiger charge is -2.37. The van der Waals surface area contributed by atoms with Crippen molar-refractivity contribution in [3.8, 4) is 0 Å². The largest absolute Gasteiger partial charge is 0.481 e. The normalized spacial score (nSPS) is 27.8. The number of carbonyl (C=O) groups excluding carboxylic acids is 2. The fourth-order valence-electron chi connectivity index (χ4n) is 4.10. The third-order valence-electron chi connectivity index (χ3n) is 5.28. The second-order valence-corrected chi connectivity index (χ2v) is 5.96. The van der Waals surface area contributed by atoms with Crippen LogP contribution in [0.25, 0.3) is 0 Å². The van der Waals surface area contributed by atoms with Gasteiger partial charge in [-0.2, -0.15) is 0 Å². The molecule has 1 saturated carbocycles. The predicted molar refractivity (Wildman–Crippen MR) is 73.1 cm³/mol. The number of rotatable bonds is 7. The molecular formula is C15H24O5. The van der Waals surface area contributed by atoms with Crippen LogP contribution in [-0.2, 0) is 19.1 Å². The monoisotopic (exact) mass is 284 g/mol. The van der Waals surface area contributed by atoms with E-state index in [0.29, 0.717) is 6.29 Å². The van der Waals surface area contributed by atoms with Gasteiger partial charge in [-0.05, 0) is 25.2 Å². The van der Waals surface area contributed by atoms with E-state index in [-0.39, 0.29) is 19.4 Å². The molecule has 0 saturated heterocycles. The van der Waals surface area contributed by atoms with Crippen molar-refractivity contribution < 1.29 is 24.2 Å². The summed E-state index contributed by atoms with van der Waals surface area (Å²) in [6, 6.07) is 0. The van der Waals surface area contributed by atoms with Crippen LogP contribution < -0.4 is 0 Å². The highest BCUT2D eigenvalue weighted by molar-refractivity contribution is 5.96. The van der Waals surface area contributed by atoms with Crippen molar-refractivity contribution in [2.75, 3.05) is 6.61 Å². The van der Waals surface area contributed by atoms with E-state index in [1.165, 1.54) is 0 Å². The lowest BCUT2D eigenvalue weighted by atomic mass is 9.64. The van der Waals surface area contributed by atoms with Gasteiger partial charge in [-0.25, -0.2) is 0 Å². The molecule has 5 heteroatoms. The van der Waals surface area contributed by atoms with Crippen LogP contribution in [-0.4, -0.2) is 29.9 Å². The Morgan fingerprint density at radius 3 is 2.00 bits per heavy atom. The van der Waals surface area contributed by atoms with Gasteiger partial charge in [0.25, 0.3) is 0 Å². The van der Waals surface area contributed by atoms with Crippen LogP contribution in [0.4, 0.5) is 0 Å². The fourth-order valence-corrected chi connectivity index (χ4v) is 4.10. The van der Waals surface area contributed by atoms with E-state index in [1.807, 2.05) is 0 Å². The van der Waals surface area contributed by atoms with Crippen LogP contribution in [0.1, 0.15) is 47.5 Å². The van der Waals surface area contributed by atoms with E-state index < -0.39 is 34.1 Å². The topological polar surface area (TPSA) is 80.7 Å². The Kier molecular flexibility index (Phi) is 4.32. The predicted octanol–water partition coefficient (Wildman–Crippen LogP) is 2.28. The van der Waals surface area contributed by atoms with Gasteiger partial charge in [-0.3, -0.25) is 9.59 Å². The number of esters is 1. The van der Waals surface area contributed by atoms with Gasteiger partial charge in [0.05, 0.1) is 17.4 Å². The molecule has 20 heavy (non-hydrogen) atoms. The summed E-state index contributed by atoms with van der Waals surface area (Å²) in [4.78, 5) is 35.8. The first kappa shape index (κ1) is 16.7. The maximum absolute atomic E-state index is 12.5. The maximum atomic E-state index is 12.5. The number of aldehydes is 1. The zero-order valence-electron chi connectivity index (χ0n) is 12.9. The van der Waals surface area contributed by atoms with Crippen molar-refractivity contribution >= 4 is 18.2 Å². The number of hydrogen-bond donors (Lipinski definition) is 1. The average molecular weight is 284 g/mol. The lowest BCUT2D eigenvalue weighted by molar-refractivity contribution is -0.173. The van der Waals surface area contributed by atoms with Gasteiger partial charge in [0.1, 0.15) is 6.29 Å². The Hall–Kier alpha value is -1.39. The molecule has 1 aliphatic carbocycles. The second-order valence-electron chi connectivity index (χ2n) is 5.96. The molecule has 0 aliphatic heterocycles. The first-order valence-electron chi connectivity index (χ1n) is 7.10. The van der Waals surface area contributed by atoms with Gasteiger partial charge in [0.15, 0.2) is 0 Å². The van der Waals surface area contributed by atoms with E-state index in [0.717, 1.165) is 0 Å². The summed E-state index contributed by atoms with van der Waals surface area (Å²) in [5.41, 5.74) is -3.24. The Balaban J connectivity index is 3.52. The number of aliphatic carboxylic acids is 1. The van der Waals surface area contributed by atoms with E-state index >= 15 is 0 Å². The van der Waals surface area contributed by atoms with Gasteiger partial charge in [0, 0.05) is 5.92 Å². The van der Waals surface area contributed by atoms with Gasteiger partial charge < -0.3 is 14.6 Å². The lowest BCUT2D eigenvalue weighted by Crippen LogP contribution is -2.47. The van der Waals surface area contributed by atoms with E-state index in [9.17, 15) is 19.5 Å². The molecule has 0 heterocycles. The quantitative estimate of drug-likeness (QED) is 0.573. The molecule has 0 aromatic rings. The Labute approximate surface area is 119 Å². The minimum absolute atomic E-state index is 0.172. The molecular weight excluding hydrogens is 260 g/mol.